The first-order valence-electron chi connectivity index (χ1n) is 4.68. The molecule has 1 aromatic rings. The minimum atomic E-state index is -4.37. The molecule has 0 saturated carbocycles. The fraction of sp³-hybridized carbons (Fsp3) is 0.400. The average molecular weight is 216 g/mol. The molecule has 0 aliphatic carbocycles. The Morgan fingerprint density at radius 2 is 1.67 bits per heavy atom. The maximum atomic E-state index is 12.6. The van der Waals surface area contributed by atoms with Gasteiger partial charge in [-0.3, -0.25) is 0 Å². The van der Waals surface area contributed by atoms with Gasteiger partial charge in [-0.1, -0.05) is 30.3 Å². The van der Waals surface area contributed by atoms with Crippen LogP contribution in [0.3, 0.4) is 0 Å². The number of hydrogen-bond acceptors (Lipinski definition) is 1. The maximum Gasteiger partial charge on any atom is 0.453 e. The van der Waals surface area contributed by atoms with Crippen molar-refractivity contribution >= 4 is 12.4 Å². The Morgan fingerprint density at radius 3 is 2.07 bits per heavy atom. The summed E-state index contributed by atoms with van der Waals surface area (Å²) in [5.41, 5.74) is 0.138. The third kappa shape index (κ3) is 3.59. The van der Waals surface area contributed by atoms with Crippen molar-refractivity contribution in [3.05, 3.63) is 30.3 Å². The van der Waals surface area contributed by atoms with E-state index in [1.165, 1.54) is 12.1 Å². The zero-order valence-corrected chi connectivity index (χ0v) is 8.58. The molecule has 0 radical (unpaired) electrons. The number of halogens is 3. The molecule has 5 heteroatoms. The van der Waals surface area contributed by atoms with E-state index in [9.17, 15) is 13.2 Å². The van der Waals surface area contributed by atoms with Crippen LogP contribution in [-0.2, 0) is 4.65 Å². The minimum Gasteiger partial charge on any atom is -0.422 e. The molecule has 0 heterocycles. The Kier molecular flexibility index (Phi) is 3.80. The summed E-state index contributed by atoms with van der Waals surface area (Å²) in [7, 11) is 0. The molecule has 0 bridgehead atoms. The van der Waals surface area contributed by atoms with Crippen molar-refractivity contribution in [3.63, 3.8) is 0 Å². The third-order valence-electron chi connectivity index (χ3n) is 1.81. The van der Waals surface area contributed by atoms with Crippen molar-refractivity contribution in [2.45, 2.75) is 26.0 Å². The number of hydrogen-bond donors (Lipinski definition) is 0. The molecular formula is C10H12BF3O. The van der Waals surface area contributed by atoms with Crippen LogP contribution in [0.2, 0.25) is 0 Å². The first-order valence-corrected chi connectivity index (χ1v) is 4.68. The van der Waals surface area contributed by atoms with Gasteiger partial charge in [0, 0.05) is 6.10 Å². The van der Waals surface area contributed by atoms with Gasteiger partial charge in [0.1, 0.15) is 0 Å². The molecule has 1 rings (SSSR count). The van der Waals surface area contributed by atoms with E-state index in [1.54, 1.807) is 32.0 Å². The largest absolute Gasteiger partial charge is 0.453 e. The minimum absolute atomic E-state index is 0.138. The number of rotatable bonds is 3. The van der Waals surface area contributed by atoms with Crippen LogP contribution in [0.1, 0.15) is 13.8 Å². The Morgan fingerprint density at radius 1 is 1.13 bits per heavy atom. The molecule has 0 atom stereocenters. The van der Waals surface area contributed by atoms with Crippen molar-refractivity contribution in [2.24, 2.45) is 0 Å². The van der Waals surface area contributed by atoms with Gasteiger partial charge in [-0.2, -0.15) is 13.2 Å². The van der Waals surface area contributed by atoms with Crippen molar-refractivity contribution in [3.8, 4) is 0 Å². The van der Waals surface area contributed by atoms with Crippen LogP contribution < -0.4 is 5.46 Å². The number of alkyl halides is 3. The van der Waals surface area contributed by atoms with E-state index in [0.29, 0.717) is 0 Å². The fourth-order valence-corrected chi connectivity index (χ4v) is 1.24. The van der Waals surface area contributed by atoms with Gasteiger partial charge in [0.2, 0.25) is 0 Å². The van der Waals surface area contributed by atoms with E-state index < -0.39 is 19.1 Å². The number of benzene rings is 1. The summed E-state index contributed by atoms with van der Waals surface area (Å²) in [6.07, 6.45) is -4.83. The summed E-state index contributed by atoms with van der Waals surface area (Å²) in [4.78, 5) is 0. The van der Waals surface area contributed by atoms with Gasteiger partial charge in [0.25, 0.3) is 0 Å². The van der Waals surface area contributed by atoms with Crippen molar-refractivity contribution < 1.29 is 17.8 Å². The maximum absolute atomic E-state index is 12.6. The van der Waals surface area contributed by atoms with E-state index >= 15 is 0 Å². The predicted molar refractivity (Wildman–Crippen MR) is 54.1 cm³/mol. The third-order valence-corrected chi connectivity index (χ3v) is 1.81. The molecule has 0 saturated heterocycles. The van der Waals surface area contributed by atoms with Gasteiger partial charge in [-0.15, -0.1) is 0 Å². The molecule has 1 nitrogen and oxygen atoms in total. The topological polar surface area (TPSA) is 9.23 Å². The highest BCUT2D eigenvalue weighted by Crippen LogP contribution is 2.20. The van der Waals surface area contributed by atoms with Gasteiger partial charge >= 0.3 is 13.0 Å². The van der Waals surface area contributed by atoms with E-state index in [2.05, 4.69) is 0 Å². The predicted octanol–water partition coefficient (Wildman–Crippen LogP) is 2.41. The Labute approximate surface area is 87.4 Å². The quantitative estimate of drug-likeness (QED) is 0.705. The summed E-state index contributed by atoms with van der Waals surface area (Å²) < 4.78 is 42.8. The first-order chi connectivity index (χ1) is 6.91. The summed E-state index contributed by atoms with van der Waals surface area (Å²) in [5.74, 6) is 0. The van der Waals surface area contributed by atoms with Crippen LogP contribution in [0.5, 0.6) is 0 Å². The van der Waals surface area contributed by atoms with Crippen LogP contribution in [0, 0.1) is 0 Å². The molecule has 0 fully saturated rings. The summed E-state index contributed by atoms with van der Waals surface area (Å²) in [5, 5.41) is 0. The Hall–Kier alpha value is -0.965. The lowest BCUT2D eigenvalue weighted by Crippen LogP contribution is -2.48. The van der Waals surface area contributed by atoms with Gasteiger partial charge in [-0.05, 0) is 19.3 Å². The molecule has 82 valence electrons. The highest BCUT2D eigenvalue weighted by molar-refractivity contribution is 6.69. The molecule has 0 spiro atoms. The molecule has 1 aromatic carbocycles. The Balaban J connectivity index is 2.92. The molecule has 0 aromatic heterocycles. The lowest BCUT2D eigenvalue weighted by Gasteiger charge is -2.19. The fourth-order valence-electron chi connectivity index (χ4n) is 1.24. The molecule has 0 aliphatic heterocycles. The highest BCUT2D eigenvalue weighted by Gasteiger charge is 2.47. The van der Waals surface area contributed by atoms with Crippen molar-refractivity contribution in [1.82, 2.24) is 0 Å². The van der Waals surface area contributed by atoms with Gasteiger partial charge in [-0.25, -0.2) is 0 Å². The van der Waals surface area contributed by atoms with Crippen LogP contribution in [0.15, 0.2) is 30.3 Å². The van der Waals surface area contributed by atoms with Crippen LogP contribution in [0.25, 0.3) is 0 Å². The van der Waals surface area contributed by atoms with E-state index in [1.807, 2.05) is 0 Å². The molecule has 0 aliphatic rings. The second-order valence-corrected chi connectivity index (χ2v) is 3.52. The van der Waals surface area contributed by atoms with Gasteiger partial charge in [0.05, 0.1) is 0 Å². The van der Waals surface area contributed by atoms with E-state index in [4.69, 9.17) is 4.65 Å². The van der Waals surface area contributed by atoms with Gasteiger partial charge < -0.3 is 4.65 Å². The molecule has 0 N–H and O–H groups in total. The normalized spacial score (nSPS) is 11.9. The summed E-state index contributed by atoms with van der Waals surface area (Å²) in [6.45, 7) is 1.34. The highest BCUT2D eigenvalue weighted by atomic mass is 19.4. The monoisotopic (exact) mass is 216 g/mol. The lowest BCUT2D eigenvalue weighted by atomic mass is 9.60. The standard InChI is InChI=1S/C10H12BF3O/c1-8(2)15-11(10(12,13)14)9-6-4-3-5-7-9/h3-8H,1-2H3. The molecule has 0 amide bonds. The first kappa shape index (κ1) is 12.1. The smallest absolute Gasteiger partial charge is 0.422 e. The van der Waals surface area contributed by atoms with Crippen molar-refractivity contribution in [1.29, 1.82) is 0 Å². The second kappa shape index (κ2) is 4.70. The van der Waals surface area contributed by atoms with E-state index in [-0.39, 0.29) is 5.46 Å². The lowest BCUT2D eigenvalue weighted by molar-refractivity contribution is -0.0667. The average Bonchev–Trinajstić information content (AvgIpc) is 2.14. The van der Waals surface area contributed by atoms with Crippen molar-refractivity contribution in [2.75, 3.05) is 0 Å². The second-order valence-electron chi connectivity index (χ2n) is 3.52. The van der Waals surface area contributed by atoms with Crippen LogP contribution in [0.4, 0.5) is 13.2 Å². The zero-order valence-electron chi connectivity index (χ0n) is 8.58. The SMILES string of the molecule is CC(C)OB(c1ccccc1)C(F)(F)F. The van der Waals surface area contributed by atoms with E-state index in [0.717, 1.165) is 0 Å². The Bertz CT molecular complexity index is 297. The van der Waals surface area contributed by atoms with Crippen LogP contribution >= 0.6 is 0 Å². The van der Waals surface area contributed by atoms with Crippen LogP contribution in [-0.4, -0.2) is 19.1 Å². The molecule has 15 heavy (non-hydrogen) atoms. The summed E-state index contributed by atoms with van der Waals surface area (Å²) >= 11 is 0. The summed E-state index contributed by atoms with van der Waals surface area (Å²) in [6, 6.07) is 7.64. The van der Waals surface area contributed by atoms with Gasteiger partial charge in [0.15, 0.2) is 0 Å². The zero-order chi connectivity index (χ0) is 11.5. The molecule has 0 unspecified atom stereocenters. The molecular weight excluding hydrogens is 204 g/mol.